The van der Waals surface area contributed by atoms with E-state index in [9.17, 15) is 36.6 Å². The van der Waals surface area contributed by atoms with E-state index in [4.69, 9.17) is 10.5 Å². The fourth-order valence-electron chi connectivity index (χ4n) is 3.87. The molecule has 4 heterocycles. The molecule has 0 spiro atoms. The number of hydrogen-bond donors (Lipinski definition) is 3. The Morgan fingerprint density at radius 2 is 1.97 bits per heavy atom. The fourth-order valence-corrected chi connectivity index (χ4v) is 3.87. The lowest BCUT2D eigenvalue weighted by molar-refractivity contribution is -0.249. The average Bonchev–Trinajstić information content (AvgIpc) is 3.41. The van der Waals surface area contributed by atoms with E-state index < -0.39 is 55.0 Å². The quantitative estimate of drug-likeness (QED) is 0.417. The summed E-state index contributed by atoms with van der Waals surface area (Å²) in [5, 5.41) is 15.6. The number of carbonyl (C=O) groups is 2. The summed E-state index contributed by atoms with van der Waals surface area (Å²) in [6, 6.07) is 2.96. The molecule has 37 heavy (non-hydrogen) atoms. The Labute approximate surface area is 205 Å². The van der Waals surface area contributed by atoms with Crippen molar-refractivity contribution in [1.29, 1.82) is 0 Å². The van der Waals surface area contributed by atoms with Crippen molar-refractivity contribution in [2.75, 3.05) is 25.9 Å². The number of pyridine rings is 1. The molecular formula is C21H20F5N7O4. The van der Waals surface area contributed by atoms with E-state index in [0.29, 0.717) is 4.90 Å². The molecule has 16 heteroatoms. The minimum Gasteiger partial charge on any atom is -0.480 e. The van der Waals surface area contributed by atoms with Gasteiger partial charge in [0.05, 0.1) is 25.4 Å². The average molecular weight is 529 g/mol. The highest BCUT2D eigenvalue weighted by Gasteiger charge is 2.58. The molecule has 0 aromatic carbocycles. The van der Waals surface area contributed by atoms with Crippen molar-refractivity contribution in [3.63, 3.8) is 0 Å². The number of fused-ring (bicyclic) bond motifs is 1. The monoisotopic (exact) mass is 529 g/mol. The number of anilines is 1. The van der Waals surface area contributed by atoms with Crippen LogP contribution in [0.1, 0.15) is 17.3 Å². The Kier molecular flexibility index (Phi) is 6.39. The van der Waals surface area contributed by atoms with E-state index in [1.807, 2.05) is 0 Å². The molecule has 1 unspecified atom stereocenters. The molecule has 3 aromatic heterocycles. The van der Waals surface area contributed by atoms with Gasteiger partial charge in [-0.05, 0) is 25.1 Å². The number of aliphatic hydroxyl groups is 1. The second kappa shape index (κ2) is 9.10. The molecule has 198 valence electrons. The lowest BCUT2D eigenvalue weighted by atomic mass is 10.1. The largest absolute Gasteiger partial charge is 0.480 e. The molecule has 1 fully saturated rings. The molecule has 11 nitrogen and oxygen atoms in total. The Morgan fingerprint density at radius 1 is 1.27 bits per heavy atom. The van der Waals surface area contributed by atoms with Gasteiger partial charge in [-0.1, -0.05) is 0 Å². The molecule has 3 aromatic rings. The van der Waals surface area contributed by atoms with E-state index in [-0.39, 0.29) is 41.0 Å². The molecule has 4 rings (SSSR count). The molecule has 1 aliphatic rings. The van der Waals surface area contributed by atoms with Crippen molar-refractivity contribution < 1.29 is 41.4 Å². The summed E-state index contributed by atoms with van der Waals surface area (Å²) >= 11 is 0. The number of aromatic nitrogens is 4. The third-order valence-corrected chi connectivity index (χ3v) is 5.92. The van der Waals surface area contributed by atoms with Gasteiger partial charge >= 0.3 is 12.3 Å². The van der Waals surface area contributed by atoms with Gasteiger partial charge in [0, 0.05) is 18.3 Å². The molecule has 4 N–H and O–H groups in total. The molecule has 3 atom stereocenters. The third kappa shape index (κ3) is 4.59. The maximum Gasteiger partial charge on any atom is 0.426 e. The van der Waals surface area contributed by atoms with E-state index >= 15 is 0 Å². The number of carbonyl (C=O) groups excluding carboxylic acids is 2. The standard InChI is InChI=1S/C21H20F5N7O4/c1-20(36,21(24,25)26)18(35)32-7-11(22)12(8-32)29-16(34)10-5-9(6-28-17(10)37-2)13-3-4-14-15(27)30-19(23)31-33(13)14/h3-6,11-12,36H,7-8H2,1-2H3,(H,29,34)(H2,27,30,31)/t11-,12+,20?/m0/s1. The molecule has 0 bridgehead atoms. The number of likely N-dealkylation sites (tertiary alicyclic amines) is 1. The van der Waals surface area contributed by atoms with Crippen LogP contribution in [0.5, 0.6) is 5.88 Å². The number of halogens is 5. The first-order valence-corrected chi connectivity index (χ1v) is 10.6. The molecule has 0 aliphatic carbocycles. The molecule has 1 aliphatic heterocycles. The van der Waals surface area contributed by atoms with Gasteiger partial charge in [0.1, 0.15) is 17.3 Å². The first kappa shape index (κ1) is 26.0. The van der Waals surface area contributed by atoms with Crippen molar-refractivity contribution >= 4 is 23.1 Å². The van der Waals surface area contributed by atoms with Gasteiger partial charge in [0.15, 0.2) is 5.82 Å². The second-order valence-electron chi connectivity index (χ2n) is 8.44. The molecule has 0 saturated carbocycles. The summed E-state index contributed by atoms with van der Waals surface area (Å²) in [6.45, 7) is -1.12. The zero-order valence-electron chi connectivity index (χ0n) is 19.3. The number of rotatable bonds is 5. The van der Waals surface area contributed by atoms with Gasteiger partial charge in [0.2, 0.25) is 11.5 Å². The van der Waals surface area contributed by atoms with Crippen LogP contribution in [0.15, 0.2) is 24.4 Å². The smallest absolute Gasteiger partial charge is 0.426 e. The molecular weight excluding hydrogens is 509 g/mol. The number of nitrogen functional groups attached to an aromatic ring is 1. The SMILES string of the molecule is COc1ncc(-c2ccc3c(N)nc(F)nn23)cc1C(=O)N[C@@H]1CN(C(=O)C(C)(O)C(F)(F)F)C[C@@H]1F. The first-order chi connectivity index (χ1) is 17.2. The Bertz CT molecular complexity index is 1380. The van der Waals surface area contributed by atoms with Crippen LogP contribution in [0.3, 0.4) is 0 Å². The van der Waals surface area contributed by atoms with Crippen LogP contribution in [-0.4, -0.2) is 85.6 Å². The summed E-state index contributed by atoms with van der Waals surface area (Å²) in [6.07, 6.45) is -6.99. The Morgan fingerprint density at radius 3 is 2.62 bits per heavy atom. The highest BCUT2D eigenvalue weighted by molar-refractivity contribution is 5.98. The number of nitrogens with one attached hydrogen (secondary N) is 1. The van der Waals surface area contributed by atoms with Crippen LogP contribution < -0.4 is 15.8 Å². The van der Waals surface area contributed by atoms with E-state index in [0.717, 1.165) is 4.52 Å². The highest BCUT2D eigenvalue weighted by atomic mass is 19.4. The van der Waals surface area contributed by atoms with Gasteiger partial charge < -0.3 is 25.8 Å². The summed E-state index contributed by atoms with van der Waals surface area (Å²) in [5.74, 6) is -2.94. The molecule has 2 amide bonds. The van der Waals surface area contributed by atoms with E-state index in [2.05, 4.69) is 20.4 Å². The van der Waals surface area contributed by atoms with Gasteiger partial charge in [-0.3, -0.25) is 9.59 Å². The summed E-state index contributed by atoms with van der Waals surface area (Å²) in [4.78, 5) is 33.2. The lowest BCUT2D eigenvalue weighted by Crippen LogP contribution is -2.56. The van der Waals surface area contributed by atoms with Crippen LogP contribution in [0.2, 0.25) is 0 Å². The predicted octanol–water partition coefficient (Wildman–Crippen LogP) is 1.11. The number of ether oxygens (including phenoxy) is 1. The van der Waals surface area contributed by atoms with Crippen molar-refractivity contribution in [1.82, 2.24) is 29.8 Å². The number of nitrogens with zero attached hydrogens (tertiary/aromatic N) is 5. The predicted molar refractivity (Wildman–Crippen MR) is 117 cm³/mol. The summed E-state index contributed by atoms with van der Waals surface area (Å²) < 4.78 is 73.6. The Balaban J connectivity index is 1.59. The fraction of sp³-hybridized carbons (Fsp3) is 0.381. The minimum atomic E-state index is -5.28. The van der Waals surface area contributed by atoms with Gasteiger partial charge in [-0.2, -0.15) is 22.5 Å². The van der Waals surface area contributed by atoms with E-state index in [1.54, 1.807) is 0 Å². The van der Waals surface area contributed by atoms with Gasteiger partial charge in [-0.15, -0.1) is 5.10 Å². The van der Waals surface area contributed by atoms with Crippen molar-refractivity contribution in [3.05, 3.63) is 36.0 Å². The number of alkyl halides is 4. The van der Waals surface area contributed by atoms with Crippen LogP contribution in [-0.2, 0) is 4.79 Å². The van der Waals surface area contributed by atoms with Gasteiger partial charge in [0.25, 0.3) is 11.8 Å². The maximum atomic E-state index is 14.6. The van der Waals surface area contributed by atoms with Crippen LogP contribution in [0.4, 0.5) is 27.8 Å². The topological polar surface area (TPSA) is 148 Å². The Hall–Kier alpha value is -4.08. The highest BCUT2D eigenvalue weighted by Crippen LogP contribution is 2.33. The van der Waals surface area contributed by atoms with Crippen LogP contribution in [0.25, 0.3) is 16.8 Å². The lowest BCUT2D eigenvalue weighted by Gasteiger charge is -2.29. The number of amides is 2. The summed E-state index contributed by atoms with van der Waals surface area (Å²) in [5.41, 5.74) is 2.63. The van der Waals surface area contributed by atoms with Gasteiger partial charge in [-0.25, -0.2) is 13.9 Å². The number of hydrogen-bond acceptors (Lipinski definition) is 8. The number of methoxy groups -OCH3 is 1. The van der Waals surface area contributed by atoms with Crippen molar-refractivity contribution in [3.8, 4) is 17.1 Å². The first-order valence-electron chi connectivity index (χ1n) is 10.6. The van der Waals surface area contributed by atoms with E-state index in [1.165, 1.54) is 31.5 Å². The minimum absolute atomic E-state index is 0.128. The van der Waals surface area contributed by atoms with Crippen LogP contribution >= 0.6 is 0 Å². The maximum absolute atomic E-state index is 14.6. The molecule has 0 radical (unpaired) electrons. The van der Waals surface area contributed by atoms with Crippen LogP contribution in [0, 0.1) is 6.08 Å². The van der Waals surface area contributed by atoms with Crippen molar-refractivity contribution in [2.45, 2.75) is 30.9 Å². The zero-order valence-corrected chi connectivity index (χ0v) is 19.3. The second-order valence-corrected chi connectivity index (χ2v) is 8.44. The zero-order chi connectivity index (χ0) is 27.3. The molecule has 1 saturated heterocycles. The normalized spacial score (nSPS) is 19.6. The summed E-state index contributed by atoms with van der Waals surface area (Å²) in [7, 11) is 1.22. The number of nitrogens with two attached hydrogens (primary N) is 1. The third-order valence-electron chi connectivity index (χ3n) is 5.92. The van der Waals surface area contributed by atoms with Crippen molar-refractivity contribution in [2.24, 2.45) is 0 Å².